The second-order valence-electron chi connectivity index (χ2n) is 7.75. The third kappa shape index (κ3) is 6.24. The first kappa shape index (κ1) is 24.1. The van der Waals surface area contributed by atoms with E-state index in [1.807, 2.05) is 16.9 Å². The number of hydrogen-bond acceptors (Lipinski definition) is 6. The van der Waals surface area contributed by atoms with Crippen LogP contribution in [0.2, 0.25) is 0 Å². The van der Waals surface area contributed by atoms with Gasteiger partial charge in [0.2, 0.25) is 0 Å². The molecule has 0 aliphatic rings. The molecule has 33 heavy (non-hydrogen) atoms. The molecule has 0 aliphatic heterocycles. The largest absolute Gasteiger partial charge is 0.372 e. The number of amides is 1. The second-order valence-corrected chi connectivity index (χ2v) is 9.40. The molecule has 3 aromatic carbocycles. The van der Waals surface area contributed by atoms with Crippen molar-refractivity contribution in [1.82, 2.24) is 4.72 Å². The molecule has 0 saturated carbocycles. The van der Waals surface area contributed by atoms with Gasteiger partial charge < -0.3 is 4.74 Å². The van der Waals surface area contributed by atoms with Crippen molar-refractivity contribution in [2.24, 2.45) is 0 Å². The summed E-state index contributed by atoms with van der Waals surface area (Å²) >= 11 is 0. The number of benzene rings is 3. The Balaban J connectivity index is 1.59. The zero-order chi connectivity index (χ0) is 24.0. The van der Waals surface area contributed by atoms with Gasteiger partial charge in [0.25, 0.3) is 21.6 Å². The Morgan fingerprint density at radius 1 is 0.939 bits per heavy atom. The minimum absolute atomic E-state index is 0.102. The molecule has 9 heteroatoms. The molecular weight excluding hydrogens is 444 g/mol. The quantitative estimate of drug-likeness (QED) is 0.364. The summed E-state index contributed by atoms with van der Waals surface area (Å²) in [6.07, 6.45) is 0. The minimum Gasteiger partial charge on any atom is -0.372 e. The lowest BCUT2D eigenvalue weighted by Crippen LogP contribution is -2.31. The van der Waals surface area contributed by atoms with E-state index < -0.39 is 31.4 Å². The van der Waals surface area contributed by atoms with Gasteiger partial charge in [0.1, 0.15) is 0 Å². The van der Waals surface area contributed by atoms with E-state index in [-0.39, 0.29) is 5.56 Å². The molecule has 0 bridgehead atoms. The van der Waals surface area contributed by atoms with Crippen LogP contribution in [0.5, 0.6) is 0 Å². The van der Waals surface area contributed by atoms with Crippen LogP contribution < -0.4 is 4.72 Å². The number of hydrogen-bond donors (Lipinski definition) is 1. The minimum atomic E-state index is -4.41. The van der Waals surface area contributed by atoms with Gasteiger partial charge in [-0.15, -0.1) is 0 Å². The summed E-state index contributed by atoms with van der Waals surface area (Å²) < 4.78 is 32.6. The number of sulfonamides is 1. The molecule has 1 N–H and O–H groups in total. The summed E-state index contributed by atoms with van der Waals surface area (Å²) in [5, 5.41) is 11.1. The standard InChI is InChI=1S/C24H24N2O6S/c1-17(2)20-11-7-18(8-12-20)15-32-16-19-9-13-21(14-10-19)24(27)25-33(30,31)23-6-4-3-5-22(23)26(28)29/h3-14,17H,15-16H2,1-2H3,(H,25,27). The molecule has 0 spiro atoms. The number of para-hydroxylation sites is 1. The number of carbonyl (C=O) groups is 1. The van der Waals surface area contributed by atoms with E-state index in [9.17, 15) is 23.3 Å². The summed E-state index contributed by atoms with van der Waals surface area (Å²) in [4.78, 5) is 22.1. The number of nitrogens with zero attached hydrogens (tertiary/aromatic N) is 1. The third-order valence-corrected chi connectivity index (χ3v) is 6.36. The zero-order valence-electron chi connectivity index (χ0n) is 18.2. The van der Waals surface area contributed by atoms with Crippen LogP contribution in [0, 0.1) is 10.1 Å². The molecule has 3 rings (SSSR count). The fraction of sp³-hybridized carbons (Fsp3) is 0.208. The van der Waals surface area contributed by atoms with Crippen LogP contribution in [0.25, 0.3) is 0 Å². The van der Waals surface area contributed by atoms with Crippen LogP contribution >= 0.6 is 0 Å². The molecule has 0 atom stereocenters. The molecule has 0 aliphatic carbocycles. The fourth-order valence-corrected chi connectivity index (χ4v) is 4.26. The monoisotopic (exact) mass is 468 g/mol. The number of ether oxygens (including phenoxy) is 1. The van der Waals surface area contributed by atoms with Crippen molar-refractivity contribution in [3.8, 4) is 0 Å². The van der Waals surface area contributed by atoms with Crippen LogP contribution in [0.15, 0.2) is 77.7 Å². The average molecular weight is 469 g/mol. The van der Waals surface area contributed by atoms with Gasteiger partial charge in [-0.2, -0.15) is 0 Å². The maximum atomic E-state index is 12.5. The number of nitrogens with one attached hydrogen (secondary N) is 1. The van der Waals surface area contributed by atoms with Crippen LogP contribution in [0.4, 0.5) is 5.69 Å². The number of nitro benzene ring substituents is 1. The smallest absolute Gasteiger partial charge is 0.289 e. The molecule has 8 nitrogen and oxygen atoms in total. The van der Waals surface area contributed by atoms with Gasteiger partial charge in [-0.3, -0.25) is 14.9 Å². The SMILES string of the molecule is CC(C)c1ccc(COCc2ccc(C(=O)NS(=O)(=O)c3ccccc3[N+](=O)[O-])cc2)cc1. The molecule has 0 radical (unpaired) electrons. The normalized spacial score (nSPS) is 11.4. The molecule has 172 valence electrons. The predicted octanol–water partition coefficient (Wildman–Crippen LogP) is 4.55. The Morgan fingerprint density at radius 2 is 1.48 bits per heavy atom. The maximum absolute atomic E-state index is 12.5. The lowest BCUT2D eigenvalue weighted by atomic mass is 10.0. The first-order valence-electron chi connectivity index (χ1n) is 10.2. The van der Waals surface area contributed by atoms with Crippen molar-refractivity contribution < 1.29 is 22.9 Å². The van der Waals surface area contributed by atoms with E-state index in [1.165, 1.54) is 29.8 Å². The van der Waals surface area contributed by atoms with Gasteiger partial charge in [0.15, 0.2) is 4.90 Å². The maximum Gasteiger partial charge on any atom is 0.289 e. The molecule has 0 heterocycles. The summed E-state index contributed by atoms with van der Waals surface area (Å²) in [5.74, 6) is -0.417. The van der Waals surface area contributed by atoms with E-state index in [4.69, 9.17) is 4.74 Å². The van der Waals surface area contributed by atoms with Crippen molar-refractivity contribution in [2.75, 3.05) is 0 Å². The molecule has 0 unspecified atom stereocenters. The number of carbonyl (C=O) groups excluding carboxylic acids is 1. The van der Waals surface area contributed by atoms with E-state index in [0.717, 1.165) is 23.3 Å². The van der Waals surface area contributed by atoms with E-state index >= 15 is 0 Å². The summed E-state index contributed by atoms with van der Waals surface area (Å²) in [6.45, 7) is 5.03. The second kappa shape index (κ2) is 10.4. The highest BCUT2D eigenvalue weighted by atomic mass is 32.2. The summed E-state index contributed by atoms with van der Waals surface area (Å²) in [7, 11) is -4.41. The van der Waals surface area contributed by atoms with Crippen molar-refractivity contribution in [3.05, 3.63) is 105 Å². The summed E-state index contributed by atoms with van der Waals surface area (Å²) in [5.41, 5.74) is 2.62. The van der Waals surface area contributed by atoms with Crippen molar-refractivity contribution in [3.63, 3.8) is 0 Å². The van der Waals surface area contributed by atoms with Gasteiger partial charge >= 0.3 is 0 Å². The summed E-state index contributed by atoms with van der Waals surface area (Å²) in [6, 6.07) is 19.3. The average Bonchev–Trinajstić information content (AvgIpc) is 2.79. The van der Waals surface area contributed by atoms with Crippen molar-refractivity contribution in [2.45, 2.75) is 37.9 Å². The van der Waals surface area contributed by atoms with Crippen LogP contribution in [0.3, 0.4) is 0 Å². The Bertz CT molecular complexity index is 1240. The van der Waals surface area contributed by atoms with Crippen molar-refractivity contribution in [1.29, 1.82) is 0 Å². The Morgan fingerprint density at radius 3 is 2.03 bits per heavy atom. The van der Waals surface area contributed by atoms with Crippen LogP contribution in [-0.4, -0.2) is 19.2 Å². The predicted molar refractivity (Wildman–Crippen MR) is 123 cm³/mol. The topological polar surface area (TPSA) is 116 Å². The molecule has 3 aromatic rings. The fourth-order valence-electron chi connectivity index (χ4n) is 3.11. The number of nitro groups is 1. The lowest BCUT2D eigenvalue weighted by molar-refractivity contribution is -0.387. The molecule has 0 aromatic heterocycles. The van der Waals surface area contributed by atoms with Crippen LogP contribution in [-0.2, 0) is 28.0 Å². The zero-order valence-corrected chi connectivity index (χ0v) is 19.0. The third-order valence-electron chi connectivity index (χ3n) is 4.98. The molecule has 0 fully saturated rings. The Labute approximate surface area is 192 Å². The lowest BCUT2D eigenvalue weighted by Gasteiger charge is -2.09. The van der Waals surface area contributed by atoms with Gasteiger partial charge in [-0.05, 0) is 40.8 Å². The van der Waals surface area contributed by atoms with Gasteiger partial charge in [0, 0.05) is 11.6 Å². The van der Waals surface area contributed by atoms with E-state index in [0.29, 0.717) is 19.1 Å². The molecule has 1 amide bonds. The first-order valence-corrected chi connectivity index (χ1v) is 11.7. The highest BCUT2D eigenvalue weighted by Gasteiger charge is 2.27. The highest BCUT2D eigenvalue weighted by molar-refractivity contribution is 7.90. The Kier molecular flexibility index (Phi) is 7.57. The Hall–Kier alpha value is -3.56. The molecule has 0 saturated heterocycles. The molecular formula is C24H24N2O6S. The van der Waals surface area contributed by atoms with Crippen molar-refractivity contribution >= 4 is 21.6 Å². The van der Waals surface area contributed by atoms with Gasteiger partial charge in [-0.1, -0.05) is 62.4 Å². The van der Waals surface area contributed by atoms with E-state index in [1.54, 1.807) is 12.1 Å². The first-order chi connectivity index (χ1) is 15.7. The van der Waals surface area contributed by atoms with Gasteiger partial charge in [-0.25, -0.2) is 13.1 Å². The van der Waals surface area contributed by atoms with E-state index in [2.05, 4.69) is 26.0 Å². The number of rotatable bonds is 9. The van der Waals surface area contributed by atoms with Crippen LogP contribution in [0.1, 0.15) is 46.8 Å². The van der Waals surface area contributed by atoms with Gasteiger partial charge in [0.05, 0.1) is 18.1 Å². The highest BCUT2D eigenvalue weighted by Crippen LogP contribution is 2.23.